The van der Waals surface area contributed by atoms with Gasteiger partial charge >= 0.3 is 0 Å². The Morgan fingerprint density at radius 2 is 2.19 bits per heavy atom. The van der Waals surface area contributed by atoms with Gasteiger partial charge in [0.15, 0.2) is 11.6 Å². The lowest BCUT2D eigenvalue weighted by atomic mass is 9.91. The summed E-state index contributed by atoms with van der Waals surface area (Å²) >= 11 is 0. The molecule has 0 spiro atoms. The van der Waals surface area contributed by atoms with E-state index in [-0.39, 0.29) is 11.8 Å². The van der Waals surface area contributed by atoms with Crippen molar-refractivity contribution in [2.45, 2.75) is 37.8 Å². The molecule has 2 unspecified atom stereocenters. The maximum absolute atomic E-state index is 13.1. The van der Waals surface area contributed by atoms with Gasteiger partial charge in [0.05, 0.1) is 0 Å². The van der Waals surface area contributed by atoms with Gasteiger partial charge in [0.25, 0.3) is 0 Å². The highest BCUT2D eigenvalue weighted by Gasteiger charge is 2.19. The Hall–Kier alpha value is -1.29. The van der Waals surface area contributed by atoms with E-state index in [0.29, 0.717) is 11.7 Å². The van der Waals surface area contributed by atoms with Gasteiger partial charge in [-0.1, -0.05) is 0 Å². The maximum atomic E-state index is 13.1. The molecule has 88 valence electrons. The summed E-state index contributed by atoms with van der Waals surface area (Å²) in [6, 6.07) is 4.91. The number of aromatic hydroxyl groups is 1. The Kier molecular flexibility index (Phi) is 3.29. The second-order valence-corrected chi connectivity index (χ2v) is 4.43. The summed E-state index contributed by atoms with van der Waals surface area (Å²) < 4.78 is 13.1. The molecule has 0 heterocycles. The summed E-state index contributed by atoms with van der Waals surface area (Å²) in [5.74, 6) is -0.906. The van der Waals surface area contributed by atoms with E-state index in [1.54, 1.807) is 6.07 Å². The molecule has 1 fully saturated rings. The SMILES string of the molecule is NC1CCCC(Nc2ccc(O)c(F)c2)C1. The Morgan fingerprint density at radius 1 is 1.38 bits per heavy atom. The van der Waals surface area contributed by atoms with Crippen molar-refractivity contribution >= 4 is 5.69 Å². The highest BCUT2D eigenvalue weighted by atomic mass is 19.1. The monoisotopic (exact) mass is 224 g/mol. The largest absolute Gasteiger partial charge is 0.505 e. The molecule has 2 atom stereocenters. The molecule has 1 aromatic rings. The fourth-order valence-corrected chi connectivity index (χ4v) is 2.19. The number of anilines is 1. The summed E-state index contributed by atoms with van der Waals surface area (Å²) in [7, 11) is 0. The second-order valence-electron chi connectivity index (χ2n) is 4.43. The molecule has 1 aliphatic rings. The van der Waals surface area contributed by atoms with Gasteiger partial charge in [-0.3, -0.25) is 0 Å². The Labute approximate surface area is 94.5 Å². The van der Waals surface area contributed by atoms with E-state index in [2.05, 4.69) is 5.32 Å². The van der Waals surface area contributed by atoms with Crippen molar-refractivity contribution in [2.24, 2.45) is 5.73 Å². The molecule has 1 saturated carbocycles. The molecule has 4 heteroatoms. The molecular weight excluding hydrogens is 207 g/mol. The number of nitrogens with two attached hydrogens (primary N) is 1. The fourth-order valence-electron chi connectivity index (χ4n) is 2.19. The lowest BCUT2D eigenvalue weighted by Gasteiger charge is -2.28. The van der Waals surface area contributed by atoms with Crippen LogP contribution >= 0.6 is 0 Å². The van der Waals surface area contributed by atoms with Gasteiger partial charge in [0.2, 0.25) is 0 Å². The first-order valence-corrected chi connectivity index (χ1v) is 5.66. The Balaban J connectivity index is 2.00. The number of nitrogens with one attached hydrogen (secondary N) is 1. The molecule has 0 aromatic heterocycles. The predicted octanol–water partition coefficient (Wildman–Crippen LogP) is 2.21. The average molecular weight is 224 g/mol. The Bertz CT molecular complexity index is 370. The molecule has 0 radical (unpaired) electrons. The van der Waals surface area contributed by atoms with Gasteiger partial charge in [-0.25, -0.2) is 4.39 Å². The van der Waals surface area contributed by atoms with Crippen molar-refractivity contribution in [3.05, 3.63) is 24.0 Å². The normalized spacial score (nSPS) is 25.4. The number of hydrogen-bond donors (Lipinski definition) is 3. The van der Waals surface area contributed by atoms with E-state index in [1.807, 2.05) is 0 Å². The smallest absolute Gasteiger partial charge is 0.166 e. The van der Waals surface area contributed by atoms with Crippen molar-refractivity contribution in [1.29, 1.82) is 0 Å². The van der Waals surface area contributed by atoms with Gasteiger partial charge < -0.3 is 16.2 Å². The molecule has 4 N–H and O–H groups in total. The zero-order valence-corrected chi connectivity index (χ0v) is 9.12. The van der Waals surface area contributed by atoms with Crippen LogP contribution in [0.5, 0.6) is 5.75 Å². The second kappa shape index (κ2) is 4.70. The molecule has 3 nitrogen and oxygen atoms in total. The average Bonchev–Trinajstić information content (AvgIpc) is 2.24. The van der Waals surface area contributed by atoms with E-state index >= 15 is 0 Å². The van der Waals surface area contributed by atoms with Gasteiger partial charge in [-0.15, -0.1) is 0 Å². The third-order valence-electron chi connectivity index (χ3n) is 3.03. The van der Waals surface area contributed by atoms with Crippen LogP contribution < -0.4 is 11.1 Å². The molecule has 0 bridgehead atoms. The van der Waals surface area contributed by atoms with Gasteiger partial charge in [0, 0.05) is 23.8 Å². The summed E-state index contributed by atoms with van der Waals surface area (Å²) in [4.78, 5) is 0. The van der Waals surface area contributed by atoms with E-state index < -0.39 is 5.82 Å². The number of rotatable bonds is 2. The maximum Gasteiger partial charge on any atom is 0.166 e. The van der Waals surface area contributed by atoms with Crippen molar-refractivity contribution in [3.8, 4) is 5.75 Å². The van der Waals surface area contributed by atoms with Crippen LogP contribution in [0.15, 0.2) is 18.2 Å². The highest BCUT2D eigenvalue weighted by Crippen LogP contribution is 2.24. The minimum Gasteiger partial charge on any atom is -0.505 e. The molecule has 16 heavy (non-hydrogen) atoms. The van der Waals surface area contributed by atoms with Crippen molar-refractivity contribution < 1.29 is 9.50 Å². The van der Waals surface area contributed by atoms with Crippen molar-refractivity contribution in [2.75, 3.05) is 5.32 Å². The fraction of sp³-hybridized carbons (Fsp3) is 0.500. The quantitative estimate of drug-likeness (QED) is 0.675. The highest BCUT2D eigenvalue weighted by molar-refractivity contribution is 5.47. The first kappa shape index (κ1) is 11.2. The summed E-state index contributed by atoms with van der Waals surface area (Å²) in [5.41, 5.74) is 6.58. The molecule has 2 rings (SSSR count). The molecule has 0 amide bonds. The zero-order valence-electron chi connectivity index (χ0n) is 9.12. The van der Waals surface area contributed by atoms with Crippen LogP contribution in [0.3, 0.4) is 0 Å². The van der Waals surface area contributed by atoms with Gasteiger partial charge in [-0.2, -0.15) is 0 Å². The number of phenolic OH excluding ortho intramolecular Hbond substituents is 1. The van der Waals surface area contributed by atoms with Crippen LogP contribution in [0, 0.1) is 5.82 Å². The third kappa shape index (κ3) is 2.64. The van der Waals surface area contributed by atoms with Crippen molar-refractivity contribution in [3.63, 3.8) is 0 Å². The van der Waals surface area contributed by atoms with Crippen LogP contribution in [0.25, 0.3) is 0 Å². The lowest BCUT2D eigenvalue weighted by molar-refractivity contribution is 0.409. The molecule has 1 aliphatic carbocycles. The molecular formula is C12H17FN2O. The van der Waals surface area contributed by atoms with E-state index in [9.17, 15) is 4.39 Å². The minimum atomic E-state index is -0.592. The Morgan fingerprint density at radius 3 is 2.88 bits per heavy atom. The topological polar surface area (TPSA) is 58.3 Å². The van der Waals surface area contributed by atoms with E-state index in [4.69, 9.17) is 10.8 Å². The first-order chi connectivity index (χ1) is 7.65. The van der Waals surface area contributed by atoms with Crippen molar-refractivity contribution in [1.82, 2.24) is 0 Å². The number of benzene rings is 1. The lowest BCUT2D eigenvalue weighted by Crippen LogP contribution is -2.34. The van der Waals surface area contributed by atoms with Gasteiger partial charge in [0.1, 0.15) is 0 Å². The number of halogens is 1. The predicted molar refractivity (Wildman–Crippen MR) is 61.9 cm³/mol. The molecule has 0 saturated heterocycles. The van der Waals surface area contributed by atoms with E-state index in [0.717, 1.165) is 25.7 Å². The minimum absolute atomic E-state index is 0.244. The molecule has 0 aliphatic heterocycles. The molecule has 1 aromatic carbocycles. The third-order valence-corrected chi connectivity index (χ3v) is 3.03. The number of hydrogen-bond acceptors (Lipinski definition) is 3. The first-order valence-electron chi connectivity index (χ1n) is 5.66. The van der Waals surface area contributed by atoms with Crippen LogP contribution in [-0.2, 0) is 0 Å². The zero-order chi connectivity index (χ0) is 11.5. The van der Waals surface area contributed by atoms with Crippen LogP contribution in [0.1, 0.15) is 25.7 Å². The van der Waals surface area contributed by atoms with Crippen LogP contribution in [0.4, 0.5) is 10.1 Å². The summed E-state index contributed by atoms with van der Waals surface area (Å²) in [6.45, 7) is 0. The summed E-state index contributed by atoms with van der Waals surface area (Å²) in [6.07, 6.45) is 4.17. The number of phenols is 1. The van der Waals surface area contributed by atoms with Crippen LogP contribution in [0.2, 0.25) is 0 Å². The standard InChI is InChI=1S/C12H17FN2O/c13-11-7-10(4-5-12(11)16)15-9-3-1-2-8(14)6-9/h4-5,7-9,15-16H,1-3,6,14H2. The van der Waals surface area contributed by atoms with E-state index in [1.165, 1.54) is 12.1 Å². The van der Waals surface area contributed by atoms with Crippen LogP contribution in [-0.4, -0.2) is 17.2 Å². The van der Waals surface area contributed by atoms with Gasteiger partial charge in [-0.05, 0) is 37.8 Å². The summed E-state index contributed by atoms with van der Waals surface area (Å²) in [5, 5.41) is 12.3.